The average molecular weight is 251 g/mol. The largest absolute Gasteiger partial charge is 0.475 e. The number of rotatable bonds is 2. The van der Waals surface area contributed by atoms with Gasteiger partial charge in [-0.25, -0.2) is 4.79 Å². The third kappa shape index (κ3) is 2.37. The summed E-state index contributed by atoms with van der Waals surface area (Å²) in [6.45, 7) is 0. The van der Waals surface area contributed by atoms with Crippen molar-refractivity contribution in [3.05, 3.63) is 57.4 Å². The predicted molar refractivity (Wildman–Crippen MR) is 62.4 cm³/mol. The third-order valence-corrected chi connectivity index (χ3v) is 2.45. The SMILES string of the molecule is O=C(O)c1cc(=O)cc(-c2ccccc2Cl)o1. The zero-order valence-corrected chi connectivity index (χ0v) is 9.27. The molecule has 0 aliphatic carbocycles. The highest BCUT2D eigenvalue weighted by Crippen LogP contribution is 2.26. The molecule has 2 aromatic rings. The molecule has 1 aromatic heterocycles. The first-order chi connectivity index (χ1) is 8.08. The van der Waals surface area contributed by atoms with Crippen molar-refractivity contribution in [3.8, 4) is 11.3 Å². The molecule has 0 aliphatic heterocycles. The van der Waals surface area contributed by atoms with E-state index in [0.717, 1.165) is 6.07 Å². The van der Waals surface area contributed by atoms with Crippen molar-refractivity contribution in [3.63, 3.8) is 0 Å². The summed E-state index contributed by atoms with van der Waals surface area (Å²) in [5.74, 6) is -1.57. The Bertz CT molecular complexity index is 630. The van der Waals surface area contributed by atoms with E-state index >= 15 is 0 Å². The lowest BCUT2D eigenvalue weighted by atomic mass is 10.1. The molecule has 0 atom stereocenters. The second kappa shape index (κ2) is 4.43. The van der Waals surface area contributed by atoms with Gasteiger partial charge in [0.15, 0.2) is 5.43 Å². The van der Waals surface area contributed by atoms with Crippen molar-refractivity contribution >= 4 is 17.6 Å². The van der Waals surface area contributed by atoms with E-state index in [1.807, 2.05) is 0 Å². The number of carboxylic acids is 1. The Morgan fingerprint density at radius 2 is 1.94 bits per heavy atom. The number of aromatic carboxylic acids is 1. The van der Waals surface area contributed by atoms with Gasteiger partial charge in [-0.05, 0) is 12.1 Å². The maximum absolute atomic E-state index is 11.3. The summed E-state index contributed by atoms with van der Waals surface area (Å²) in [6.07, 6.45) is 0. The second-order valence-corrected chi connectivity index (χ2v) is 3.71. The number of hydrogen-bond donors (Lipinski definition) is 1. The Morgan fingerprint density at radius 3 is 2.59 bits per heavy atom. The van der Waals surface area contributed by atoms with Crippen LogP contribution < -0.4 is 5.43 Å². The van der Waals surface area contributed by atoms with Gasteiger partial charge >= 0.3 is 5.97 Å². The fraction of sp³-hybridized carbons (Fsp3) is 0. The van der Waals surface area contributed by atoms with Crippen LogP contribution in [0.4, 0.5) is 0 Å². The zero-order chi connectivity index (χ0) is 12.4. The molecule has 17 heavy (non-hydrogen) atoms. The van der Waals surface area contributed by atoms with Crippen LogP contribution in [0.2, 0.25) is 5.02 Å². The lowest BCUT2D eigenvalue weighted by Gasteiger charge is -2.03. The van der Waals surface area contributed by atoms with Gasteiger partial charge in [0.25, 0.3) is 0 Å². The molecular weight excluding hydrogens is 244 g/mol. The van der Waals surface area contributed by atoms with E-state index in [2.05, 4.69) is 0 Å². The van der Waals surface area contributed by atoms with Crippen molar-refractivity contribution in [2.75, 3.05) is 0 Å². The van der Waals surface area contributed by atoms with Gasteiger partial charge in [-0.15, -0.1) is 0 Å². The van der Waals surface area contributed by atoms with Crippen LogP contribution >= 0.6 is 11.6 Å². The topological polar surface area (TPSA) is 67.5 Å². The summed E-state index contributed by atoms with van der Waals surface area (Å²) >= 11 is 5.93. The van der Waals surface area contributed by atoms with Gasteiger partial charge in [-0.1, -0.05) is 23.7 Å². The van der Waals surface area contributed by atoms with Crippen LogP contribution in [0.5, 0.6) is 0 Å². The molecule has 0 fully saturated rings. The van der Waals surface area contributed by atoms with Crippen LogP contribution in [-0.4, -0.2) is 11.1 Å². The number of carbonyl (C=O) groups is 1. The van der Waals surface area contributed by atoms with Gasteiger partial charge < -0.3 is 9.52 Å². The highest BCUT2D eigenvalue weighted by atomic mass is 35.5. The average Bonchev–Trinajstić information content (AvgIpc) is 2.28. The molecule has 4 nitrogen and oxygen atoms in total. The number of hydrogen-bond acceptors (Lipinski definition) is 3. The first kappa shape index (κ1) is 11.4. The maximum Gasteiger partial charge on any atom is 0.371 e. The van der Waals surface area contributed by atoms with Gasteiger partial charge in [-0.2, -0.15) is 0 Å². The van der Waals surface area contributed by atoms with Gasteiger partial charge in [0.05, 0.1) is 5.02 Å². The molecule has 86 valence electrons. The number of halogens is 1. The van der Waals surface area contributed by atoms with Crippen LogP contribution in [0.1, 0.15) is 10.6 Å². The lowest BCUT2D eigenvalue weighted by molar-refractivity contribution is 0.0660. The van der Waals surface area contributed by atoms with E-state index in [0.29, 0.717) is 10.6 Å². The summed E-state index contributed by atoms with van der Waals surface area (Å²) in [5.41, 5.74) is 0.0398. The highest BCUT2D eigenvalue weighted by molar-refractivity contribution is 6.33. The minimum atomic E-state index is -1.30. The van der Waals surface area contributed by atoms with Crippen molar-refractivity contribution in [2.24, 2.45) is 0 Å². The molecule has 0 spiro atoms. The molecule has 0 unspecified atom stereocenters. The second-order valence-electron chi connectivity index (χ2n) is 3.31. The molecule has 0 saturated carbocycles. The quantitative estimate of drug-likeness (QED) is 0.890. The monoisotopic (exact) mass is 250 g/mol. The molecule has 1 heterocycles. The lowest BCUT2D eigenvalue weighted by Crippen LogP contribution is -2.05. The van der Waals surface area contributed by atoms with E-state index in [1.165, 1.54) is 6.07 Å². The van der Waals surface area contributed by atoms with Gasteiger partial charge in [0.2, 0.25) is 5.76 Å². The van der Waals surface area contributed by atoms with Gasteiger partial charge in [0, 0.05) is 17.7 Å². The number of carboxylic acid groups (broad SMARTS) is 1. The van der Waals surface area contributed by atoms with Crippen LogP contribution in [0, 0.1) is 0 Å². The van der Waals surface area contributed by atoms with Crippen molar-refractivity contribution in [2.45, 2.75) is 0 Å². The summed E-state index contributed by atoms with van der Waals surface area (Å²) in [7, 11) is 0. The molecule has 5 heteroatoms. The molecule has 0 aliphatic rings. The Balaban J connectivity index is 2.64. The highest BCUT2D eigenvalue weighted by Gasteiger charge is 2.12. The van der Waals surface area contributed by atoms with E-state index in [-0.39, 0.29) is 5.76 Å². The summed E-state index contributed by atoms with van der Waals surface area (Å²) in [4.78, 5) is 22.1. The molecule has 0 saturated heterocycles. The van der Waals surface area contributed by atoms with Crippen LogP contribution in [0.3, 0.4) is 0 Å². The summed E-state index contributed by atoms with van der Waals surface area (Å²) in [6, 6.07) is 8.84. The fourth-order valence-corrected chi connectivity index (χ4v) is 1.61. The van der Waals surface area contributed by atoms with Crippen molar-refractivity contribution in [1.29, 1.82) is 0 Å². The Kier molecular flexibility index (Phi) is 2.97. The van der Waals surface area contributed by atoms with Gasteiger partial charge in [-0.3, -0.25) is 4.79 Å². The van der Waals surface area contributed by atoms with E-state index in [4.69, 9.17) is 21.1 Å². The Hall–Kier alpha value is -2.07. The van der Waals surface area contributed by atoms with Crippen LogP contribution in [0.25, 0.3) is 11.3 Å². The molecule has 2 rings (SSSR count). The minimum Gasteiger partial charge on any atom is -0.475 e. The van der Waals surface area contributed by atoms with E-state index in [9.17, 15) is 9.59 Å². The first-order valence-electron chi connectivity index (χ1n) is 4.71. The van der Waals surface area contributed by atoms with E-state index < -0.39 is 17.2 Å². The normalized spacial score (nSPS) is 10.2. The first-order valence-corrected chi connectivity index (χ1v) is 5.09. The molecule has 1 aromatic carbocycles. The Labute approximate surface area is 101 Å². The molecule has 0 amide bonds. The van der Waals surface area contributed by atoms with Gasteiger partial charge in [0.1, 0.15) is 5.76 Å². The van der Waals surface area contributed by atoms with Crippen LogP contribution in [0.15, 0.2) is 45.6 Å². The summed E-state index contributed by atoms with van der Waals surface area (Å²) < 4.78 is 5.10. The summed E-state index contributed by atoms with van der Waals surface area (Å²) in [5, 5.41) is 9.17. The maximum atomic E-state index is 11.3. The minimum absolute atomic E-state index is 0.139. The fourth-order valence-electron chi connectivity index (χ4n) is 1.38. The van der Waals surface area contributed by atoms with E-state index in [1.54, 1.807) is 24.3 Å². The standard InChI is InChI=1S/C12H7ClO4/c13-9-4-2-1-3-8(9)10-5-7(14)6-11(17-10)12(15)16/h1-6H,(H,15,16). The van der Waals surface area contributed by atoms with Crippen LogP contribution in [-0.2, 0) is 0 Å². The van der Waals surface area contributed by atoms with Crippen molar-refractivity contribution < 1.29 is 14.3 Å². The Morgan fingerprint density at radius 1 is 1.24 bits per heavy atom. The zero-order valence-electron chi connectivity index (χ0n) is 8.51. The molecule has 1 N–H and O–H groups in total. The number of benzene rings is 1. The molecule has 0 radical (unpaired) electrons. The smallest absolute Gasteiger partial charge is 0.371 e. The predicted octanol–water partition coefficient (Wildman–Crippen LogP) is 2.66. The molecular formula is C12H7ClO4. The van der Waals surface area contributed by atoms with Crippen molar-refractivity contribution in [1.82, 2.24) is 0 Å². The third-order valence-electron chi connectivity index (χ3n) is 2.12. The molecule has 0 bridgehead atoms.